The van der Waals surface area contributed by atoms with Crippen molar-refractivity contribution in [2.24, 2.45) is 5.73 Å². The van der Waals surface area contributed by atoms with Gasteiger partial charge in [-0.2, -0.15) is 0 Å². The number of carbonyl (C=O) groups excluding carboxylic acids is 1. The monoisotopic (exact) mass is 384 g/mol. The summed E-state index contributed by atoms with van der Waals surface area (Å²) in [6.07, 6.45) is 0.154. The van der Waals surface area contributed by atoms with Gasteiger partial charge in [-0.15, -0.1) is 0 Å². The zero-order valence-electron chi connectivity index (χ0n) is 15.6. The zero-order chi connectivity index (χ0) is 19.7. The van der Waals surface area contributed by atoms with E-state index in [1.165, 1.54) is 17.7 Å². The molecule has 28 heavy (non-hydrogen) atoms. The van der Waals surface area contributed by atoms with Gasteiger partial charge in [-0.25, -0.2) is 4.39 Å². The summed E-state index contributed by atoms with van der Waals surface area (Å²) in [5.41, 5.74) is 9.10. The van der Waals surface area contributed by atoms with E-state index >= 15 is 0 Å². The van der Waals surface area contributed by atoms with Gasteiger partial charge < -0.3 is 20.5 Å². The van der Waals surface area contributed by atoms with E-state index in [0.29, 0.717) is 13.0 Å². The first-order chi connectivity index (χ1) is 13.5. The lowest BCUT2D eigenvalue weighted by Crippen LogP contribution is -2.53. The van der Waals surface area contributed by atoms with Crippen molar-refractivity contribution < 1.29 is 19.0 Å². The third-order valence-electron chi connectivity index (χ3n) is 5.75. The third kappa shape index (κ3) is 3.81. The quantitative estimate of drug-likeness (QED) is 0.848. The number of benzene rings is 2. The third-order valence-corrected chi connectivity index (χ3v) is 5.75. The van der Waals surface area contributed by atoms with Gasteiger partial charge in [0.25, 0.3) is 5.91 Å². The lowest BCUT2D eigenvalue weighted by molar-refractivity contribution is -0.155. The minimum atomic E-state index is -0.740. The van der Waals surface area contributed by atoms with Crippen molar-refractivity contribution in [1.29, 1.82) is 0 Å². The van der Waals surface area contributed by atoms with Crippen LogP contribution in [0, 0.1) is 5.82 Å². The Morgan fingerprint density at radius 1 is 1.21 bits per heavy atom. The van der Waals surface area contributed by atoms with Gasteiger partial charge in [0.15, 0.2) is 0 Å². The SMILES string of the molecule is N[C@@H]1CO[C@@H](C(=O)N2CCc3ccccc3[C@@H]2Cc2ccc(F)cc2)C[C@H]1O. The Morgan fingerprint density at radius 3 is 2.71 bits per heavy atom. The summed E-state index contributed by atoms with van der Waals surface area (Å²) < 4.78 is 19.0. The number of aliphatic hydroxyl groups excluding tert-OH is 1. The standard InChI is InChI=1S/C22H25FN2O3/c23-16-7-5-14(6-8-16)11-19-17-4-2-1-3-15(17)9-10-25(19)22(27)21-12-20(26)18(24)13-28-21/h1-8,18-21,26H,9-13,24H2/t18-,19+,20-,21-/m1/s1. The zero-order valence-corrected chi connectivity index (χ0v) is 15.6. The number of ether oxygens (including phenoxy) is 1. The van der Waals surface area contributed by atoms with Crippen LogP contribution < -0.4 is 5.73 Å². The molecule has 0 unspecified atom stereocenters. The molecule has 0 aliphatic carbocycles. The highest BCUT2D eigenvalue weighted by Crippen LogP contribution is 2.34. The smallest absolute Gasteiger partial charge is 0.252 e. The Bertz CT molecular complexity index is 842. The van der Waals surface area contributed by atoms with Crippen LogP contribution in [-0.4, -0.2) is 47.3 Å². The average molecular weight is 384 g/mol. The van der Waals surface area contributed by atoms with Crippen LogP contribution in [0.4, 0.5) is 4.39 Å². The van der Waals surface area contributed by atoms with Gasteiger partial charge in [0.05, 0.1) is 24.8 Å². The molecule has 1 saturated heterocycles. The number of carbonyl (C=O) groups is 1. The maximum absolute atomic E-state index is 13.3. The minimum Gasteiger partial charge on any atom is -0.391 e. The molecule has 4 rings (SSSR count). The van der Waals surface area contributed by atoms with E-state index in [2.05, 4.69) is 12.1 Å². The largest absolute Gasteiger partial charge is 0.391 e. The second-order valence-electron chi connectivity index (χ2n) is 7.62. The fraction of sp³-hybridized carbons (Fsp3) is 0.409. The Morgan fingerprint density at radius 2 is 1.96 bits per heavy atom. The van der Waals surface area contributed by atoms with Crippen molar-refractivity contribution in [2.45, 2.75) is 43.6 Å². The molecular formula is C22H25FN2O3. The van der Waals surface area contributed by atoms with E-state index < -0.39 is 18.2 Å². The highest BCUT2D eigenvalue weighted by molar-refractivity contribution is 5.82. The summed E-state index contributed by atoms with van der Waals surface area (Å²) in [4.78, 5) is 15.1. The van der Waals surface area contributed by atoms with E-state index in [1.807, 2.05) is 17.0 Å². The Hall–Kier alpha value is -2.28. The highest BCUT2D eigenvalue weighted by Gasteiger charge is 2.38. The van der Waals surface area contributed by atoms with Crippen molar-refractivity contribution in [1.82, 2.24) is 4.90 Å². The number of halogens is 1. The van der Waals surface area contributed by atoms with Crippen LogP contribution in [0.15, 0.2) is 48.5 Å². The second kappa shape index (κ2) is 7.99. The predicted molar refractivity (Wildman–Crippen MR) is 103 cm³/mol. The van der Waals surface area contributed by atoms with Gasteiger partial charge in [-0.05, 0) is 41.7 Å². The van der Waals surface area contributed by atoms with Crippen LogP contribution >= 0.6 is 0 Å². The Balaban J connectivity index is 1.61. The summed E-state index contributed by atoms with van der Waals surface area (Å²) in [7, 11) is 0. The summed E-state index contributed by atoms with van der Waals surface area (Å²) in [6.45, 7) is 0.758. The fourth-order valence-electron chi connectivity index (χ4n) is 4.14. The molecule has 2 aliphatic heterocycles. The van der Waals surface area contributed by atoms with Crippen molar-refractivity contribution in [3.05, 3.63) is 71.0 Å². The first-order valence-corrected chi connectivity index (χ1v) is 9.71. The number of rotatable bonds is 3. The van der Waals surface area contributed by atoms with E-state index in [1.54, 1.807) is 12.1 Å². The van der Waals surface area contributed by atoms with Crippen LogP contribution in [-0.2, 0) is 22.4 Å². The van der Waals surface area contributed by atoms with Gasteiger partial charge in [-0.3, -0.25) is 4.79 Å². The number of amides is 1. The van der Waals surface area contributed by atoms with Crippen LogP contribution in [0.2, 0.25) is 0 Å². The maximum Gasteiger partial charge on any atom is 0.252 e. The van der Waals surface area contributed by atoms with Crippen molar-refractivity contribution in [2.75, 3.05) is 13.2 Å². The van der Waals surface area contributed by atoms with Crippen LogP contribution in [0.25, 0.3) is 0 Å². The molecule has 2 heterocycles. The average Bonchev–Trinajstić information content (AvgIpc) is 2.71. The second-order valence-corrected chi connectivity index (χ2v) is 7.62. The molecule has 2 aromatic rings. The first-order valence-electron chi connectivity index (χ1n) is 9.71. The molecule has 0 spiro atoms. The Kier molecular flexibility index (Phi) is 5.44. The van der Waals surface area contributed by atoms with Gasteiger partial charge >= 0.3 is 0 Å². The van der Waals surface area contributed by atoms with Crippen molar-refractivity contribution >= 4 is 5.91 Å². The summed E-state index contributed by atoms with van der Waals surface area (Å²) in [5, 5.41) is 10.1. The topological polar surface area (TPSA) is 75.8 Å². The molecule has 2 aliphatic rings. The van der Waals surface area contributed by atoms with E-state index in [4.69, 9.17) is 10.5 Å². The van der Waals surface area contributed by atoms with Gasteiger partial charge in [-0.1, -0.05) is 36.4 Å². The first kappa shape index (κ1) is 19.1. The van der Waals surface area contributed by atoms with E-state index in [-0.39, 0.29) is 30.8 Å². The molecule has 6 heteroatoms. The number of nitrogens with zero attached hydrogens (tertiary/aromatic N) is 1. The number of fused-ring (bicyclic) bond motifs is 1. The number of hydrogen-bond acceptors (Lipinski definition) is 4. The summed E-state index contributed by atoms with van der Waals surface area (Å²) in [6, 6.07) is 13.9. The molecule has 1 fully saturated rings. The molecule has 0 aromatic heterocycles. The number of nitrogens with two attached hydrogens (primary N) is 1. The highest BCUT2D eigenvalue weighted by atomic mass is 19.1. The molecule has 0 saturated carbocycles. The molecule has 0 radical (unpaired) electrons. The van der Waals surface area contributed by atoms with Crippen molar-refractivity contribution in [3.8, 4) is 0 Å². The van der Waals surface area contributed by atoms with Crippen LogP contribution in [0.1, 0.15) is 29.2 Å². The summed E-state index contributed by atoms with van der Waals surface area (Å²) >= 11 is 0. The van der Waals surface area contributed by atoms with Crippen LogP contribution in [0.3, 0.4) is 0 Å². The molecule has 148 valence electrons. The van der Waals surface area contributed by atoms with E-state index in [9.17, 15) is 14.3 Å². The lowest BCUT2D eigenvalue weighted by Gasteiger charge is -2.41. The molecule has 4 atom stereocenters. The van der Waals surface area contributed by atoms with E-state index in [0.717, 1.165) is 17.5 Å². The normalized spacial score (nSPS) is 27.3. The molecule has 1 amide bonds. The van der Waals surface area contributed by atoms with Gasteiger partial charge in [0.1, 0.15) is 11.9 Å². The molecule has 5 nitrogen and oxygen atoms in total. The minimum absolute atomic E-state index is 0.118. The molecule has 3 N–H and O–H groups in total. The summed E-state index contributed by atoms with van der Waals surface area (Å²) in [5.74, 6) is -0.394. The fourth-order valence-corrected chi connectivity index (χ4v) is 4.14. The molecular weight excluding hydrogens is 359 g/mol. The van der Waals surface area contributed by atoms with Crippen molar-refractivity contribution in [3.63, 3.8) is 0 Å². The molecule has 2 aromatic carbocycles. The van der Waals surface area contributed by atoms with Gasteiger partial charge in [0.2, 0.25) is 0 Å². The number of aliphatic hydroxyl groups is 1. The van der Waals surface area contributed by atoms with Gasteiger partial charge in [0, 0.05) is 13.0 Å². The Labute approximate surface area is 163 Å². The number of hydrogen-bond donors (Lipinski definition) is 2. The lowest BCUT2D eigenvalue weighted by atomic mass is 9.88. The predicted octanol–water partition coefficient (Wildman–Crippen LogP) is 1.97. The maximum atomic E-state index is 13.3. The van der Waals surface area contributed by atoms with Crippen LogP contribution in [0.5, 0.6) is 0 Å². The molecule has 0 bridgehead atoms.